The van der Waals surface area contributed by atoms with Gasteiger partial charge in [0.25, 0.3) is 5.91 Å². The van der Waals surface area contributed by atoms with Crippen LogP contribution >= 0.6 is 11.3 Å². The molecule has 1 aliphatic rings. The molecular weight excluding hydrogens is 502 g/mol. The van der Waals surface area contributed by atoms with Gasteiger partial charge in [-0.25, -0.2) is 5.43 Å². The summed E-state index contributed by atoms with van der Waals surface area (Å²) in [4.78, 5) is 27.2. The van der Waals surface area contributed by atoms with Gasteiger partial charge in [0.2, 0.25) is 11.7 Å². The third-order valence-corrected chi connectivity index (χ3v) is 7.44. The molecule has 0 radical (unpaired) electrons. The molecule has 9 heteroatoms. The number of benzene rings is 3. The minimum absolute atomic E-state index is 0.206. The molecule has 2 N–H and O–H groups in total. The molecule has 0 atom stereocenters. The van der Waals surface area contributed by atoms with Gasteiger partial charge in [-0.05, 0) is 28.6 Å². The highest BCUT2D eigenvalue weighted by atomic mass is 32.1. The highest BCUT2D eigenvalue weighted by Gasteiger charge is 2.51. The second-order valence-corrected chi connectivity index (χ2v) is 9.33. The number of hydrogen-bond donors (Lipinski definition) is 2. The molecule has 38 heavy (non-hydrogen) atoms. The molecule has 2 heterocycles. The second-order valence-electron chi connectivity index (χ2n) is 8.45. The third-order valence-electron chi connectivity index (χ3n) is 6.46. The number of nitrogens with zero attached hydrogens (tertiary/aromatic N) is 1. The molecule has 0 aliphatic carbocycles. The van der Waals surface area contributed by atoms with Crippen molar-refractivity contribution in [3.8, 4) is 17.2 Å². The van der Waals surface area contributed by atoms with Gasteiger partial charge in [-0.2, -0.15) is 5.10 Å². The van der Waals surface area contributed by atoms with E-state index >= 15 is 0 Å². The number of carbonyl (C=O) groups is 2. The lowest BCUT2D eigenvalue weighted by Crippen LogP contribution is -2.36. The lowest BCUT2D eigenvalue weighted by atomic mass is 9.71. The molecule has 1 aromatic heterocycles. The zero-order valence-electron chi connectivity index (χ0n) is 21.0. The molecule has 1 aliphatic heterocycles. The summed E-state index contributed by atoms with van der Waals surface area (Å²) in [6.45, 7) is 0. The number of carbonyl (C=O) groups excluding carboxylic acids is 2. The first kappa shape index (κ1) is 25.0. The fraction of sp³-hybridized carbons (Fsp3) is 0.138. The topological polar surface area (TPSA) is 98.2 Å². The maximum absolute atomic E-state index is 13.7. The van der Waals surface area contributed by atoms with E-state index in [4.69, 9.17) is 14.2 Å². The molecule has 0 fully saturated rings. The van der Waals surface area contributed by atoms with Crippen molar-refractivity contribution in [2.24, 2.45) is 5.10 Å². The molecule has 3 aromatic carbocycles. The molecule has 2 amide bonds. The molecule has 192 valence electrons. The first-order valence-corrected chi connectivity index (χ1v) is 12.6. The van der Waals surface area contributed by atoms with Crippen LogP contribution in [-0.2, 0) is 10.2 Å². The zero-order valence-corrected chi connectivity index (χ0v) is 21.8. The van der Waals surface area contributed by atoms with Crippen LogP contribution in [0.1, 0.15) is 31.9 Å². The lowest BCUT2D eigenvalue weighted by molar-refractivity contribution is -0.118. The van der Waals surface area contributed by atoms with Gasteiger partial charge in [0.05, 0.1) is 33.2 Å². The maximum atomic E-state index is 13.7. The van der Waals surface area contributed by atoms with Gasteiger partial charge in [0.1, 0.15) is 10.3 Å². The molecule has 8 nitrogen and oxygen atoms in total. The Labute approximate surface area is 223 Å². The van der Waals surface area contributed by atoms with Crippen LogP contribution in [0.15, 0.2) is 83.3 Å². The van der Waals surface area contributed by atoms with Crippen molar-refractivity contribution in [1.29, 1.82) is 0 Å². The van der Waals surface area contributed by atoms with Crippen molar-refractivity contribution in [3.63, 3.8) is 0 Å². The number of thiophene rings is 1. The summed E-state index contributed by atoms with van der Waals surface area (Å²) in [5.41, 5.74) is 5.02. The van der Waals surface area contributed by atoms with Crippen molar-refractivity contribution < 1.29 is 23.8 Å². The highest BCUT2D eigenvalue weighted by molar-refractivity contribution is 7.13. The van der Waals surface area contributed by atoms with E-state index in [1.54, 1.807) is 12.1 Å². The summed E-state index contributed by atoms with van der Waals surface area (Å²) in [5.74, 6) is 0.759. The first-order chi connectivity index (χ1) is 18.5. The van der Waals surface area contributed by atoms with Gasteiger partial charge in [-0.3, -0.25) is 9.59 Å². The van der Waals surface area contributed by atoms with E-state index in [-0.39, 0.29) is 5.91 Å². The molecule has 4 aromatic rings. The number of hydrazone groups is 1. The summed E-state index contributed by atoms with van der Waals surface area (Å²) in [6.07, 6.45) is 1.48. The van der Waals surface area contributed by atoms with Crippen LogP contribution in [0.4, 0.5) is 5.69 Å². The van der Waals surface area contributed by atoms with Crippen LogP contribution < -0.4 is 25.0 Å². The van der Waals surface area contributed by atoms with Gasteiger partial charge < -0.3 is 19.5 Å². The van der Waals surface area contributed by atoms with Gasteiger partial charge in [-0.15, -0.1) is 11.3 Å². The monoisotopic (exact) mass is 527 g/mol. The minimum atomic E-state index is -1.06. The SMILES string of the molecule is COc1cc(/C=N/NC(=O)c2scc3c2NC(=O)C3(c2ccccc2)c2ccccc2)cc(OC)c1OC. The van der Waals surface area contributed by atoms with E-state index in [1.807, 2.05) is 66.0 Å². The number of amides is 2. The number of hydrogen-bond acceptors (Lipinski definition) is 7. The van der Waals surface area contributed by atoms with Gasteiger partial charge >= 0.3 is 0 Å². The van der Waals surface area contributed by atoms with Crippen LogP contribution in [0.25, 0.3) is 0 Å². The van der Waals surface area contributed by atoms with E-state index in [2.05, 4.69) is 15.8 Å². The number of ether oxygens (including phenoxy) is 3. The third kappa shape index (κ3) is 4.06. The second kappa shape index (κ2) is 10.4. The average Bonchev–Trinajstić information content (AvgIpc) is 3.50. The smallest absolute Gasteiger partial charge is 0.283 e. The lowest BCUT2D eigenvalue weighted by Gasteiger charge is -2.28. The van der Waals surface area contributed by atoms with Crippen LogP contribution in [0.2, 0.25) is 0 Å². The van der Waals surface area contributed by atoms with Gasteiger partial charge in [-0.1, -0.05) is 60.7 Å². The number of nitrogens with one attached hydrogen (secondary N) is 2. The minimum Gasteiger partial charge on any atom is -0.493 e. The van der Waals surface area contributed by atoms with E-state index in [0.717, 1.165) is 16.7 Å². The van der Waals surface area contributed by atoms with Crippen molar-refractivity contribution in [3.05, 3.63) is 105 Å². The summed E-state index contributed by atoms with van der Waals surface area (Å²) in [7, 11) is 4.57. The maximum Gasteiger partial charge on any atom is 0.283 e. The fourth-order valence-electron chi connectivity index (χ4n) is 4.76. The van der Waals surface area contributed by atoms with Crippen molar-refractivity contribution in [2.75, 3.05) is 26.6 Å². The Morgan fingerprint density at radius 3 is 2.03 bits per heavy atom. The van der Waals surface area contributed by atoms with E-state index < -0.39 is 11.3 Å². The number of methoxy groups -OCH3 is 3. The summed E-state index contributed by atoms with van der Waals surface area (Å²) >= 11 is 1.26. The van der Waals surface area contributed by atoms with Crippen LogP contribution in [-0.4, -0.2) is 39.4 Å². The van der Waals surface area contributed by atoms with Gasteiger partial charge in [0, 0.05) is 11.1 Å². The Hall–Kier alpha value is -4.63. The molecule has 0 saturated carbocycles. The Kier molecular flexibility index (Phi) is 6.85. The largest absolute Gasteiger partial charge is 0.493 e. The standard InChI is InChI=1S/C29H25N3O5S/c1-35-22-14-18(15-23(36-2)25(22)37-3)16-30-32-27(33)26-24-21(17-38-26)29(28(34)31-24,19-10-6-4-7-11-19)20-12-8-5-9-13-20/h4-17H,1-3H3,(H,31,34)(H,32,33)/b30-16+. The predicted molar refractivity (Wildman–Crippen MR) is 147 cm³/mol. The van der Waals surface area contributed by atoms with Crippen molar-refractivity contribution in [1.82, 2.24) is 5.43 Å². The van der Waals surface area contributed by atoms with Gasteiger partial charge in [0.15, 0.2) is 11.5 Å². The highest BCUT2D eigenvalue weighted by Crippen LogP contribution is 2.50. The van der Waals surface area contributed by atoms with E-state index in [1.165, 1.54) is 38.9 Å². The Balaban J connectivity index is 1.47. The van der Waals surface area contributed by atoms with Crippen LogP contribution in [0.3, 0.4) is 0 Å². The molecule has 0 unspecified atom stereocenters. The molecular formula is C29H25N3O5S. The first-order valence-electron chi connectivity index (χ1n) is 11.7. The Morgan fingerprint density at radius 2 is 1.50 bits per heavy atom. The van der Waals surface area contributed by atoms with E-state index in [9.17, 15) is 9.59 Å². The fourth-order valence-corrected chi connectivity index (χ4v) is 5.72. The van der Waals surface area contributed by atoms with Crippen LogP contribution in [0, 0.1) is 0 Å². The summed E-state index contributed by atoms with van der Waals surface area (Å²) in [5, 5.41) is 8.96. The normalized spacial score (nSPS) is 13.6. The quantitative estimate of drug-likeness (QED) is 0.253. The van der Waals surface area contributed by atoms with Crippen LogP contribution in [0.5, 0.6) is 17.2 Å². The molecule has 0 bridgehead atoms. The van der Waals surface area contributed by atoms with E-state index in [0.29, 0.717) is 33.4 Å². The average molecular weight is 528 g/mol. The molecule has 5 rings (SSSR count). The Bertz CT molecular complexity index is 1450. The number of anilines is 1. The van der Waals surface area contributed by atoms with Crippen molar-refractivity contribution >= 4 is 35.1 Å². The molecule has 0 saturated heterocycles. The molecule has 0 spiro atoms. The van der Waals surface area contributed by atoms with Crippen molar-refractivity contribution in [2.45, 2.75) is 5.41 Å². The zero-order chi connectivity index (χ0) is 26.7. The predicted octanol–water partition coefficient (Wildman–Crippen LogP) is 4.82. The number of fused-ring (bicyclic) bond motifs is 1. The Morgan fingerprint density at radius 1 is 0.921 bits per heavy atom. The summed E-state index contributed by atoms with van der Waals surface area (Å²) in [6, 6.07) is 22.6. The summed E-state index contributed by atoms with van der Waals surface area (Å²) < 4.78 is 16.1. The number of rotatable bonds is 8.